The quantitative estimate of drug-likeness (QED) is 0.0137. The summed E-state index contributed by atoms with van der Waals surface area (Å²) >= 11 is 0. The van der Waals surface area contributed by atoms with Crippen molar-refractivity contribution in [3.05, 3.63) is 97.2 Å². The van der Waals surface area contributed by atoms with Gasteiger partial charge in [-0.05, 0) is 77.0 Å². The molecule has 4 atom stereocenters. The van der Waals surface area contributed by atoms with Crippen LogP contribution in [-0.2, 0) is 32.7 Å². The van der Waals surface area contributed by atoms with Crippen LogP contribution in [-0.4, -0.2) is 97.3 Å². The van der Waals surface area contributed by atoms with Crippen LogP contribution in [0.15, 0.2) is 97.2 Å². The number of esters is 2. The standard InChI is InChI=1S/C48H80NO10P/c1-6-8-10-12-14-15-16-17-18-19-20-21-22-23-24-26-32-38-47(52)56-42-46(43-58-60(54,55)57-41-40-49(3,4)5)59-48(53)39-33-37-45(51)36-31-28-27-30-35-44(50)34-29-25-13-11-9-7-2/h8,10,14-15,17-18,20-21,25,27-31,35-36,44-46,50-51H,6-7,9,11-13,16,19,22-24,26,32-34,37-43H2,1-5H3/p+1/b10-8-,15-14-,18-17-,21-20-,28-27+,29-25-,35-30+,36-31-/t44-,45-,46+/m0/s1. The Morgan fingerprint density at radius 1 is 0.633 bits per heavy atom. The summed E-state index contributed by atoms with van der Waals surface area (Å²) in [5.41, 5.74) is 0. The minimum absolute atomic E-state index is 0.0241. The molecule has 0 spiro atoms. The van der Waals surface area contributed by atoms with Crippen molar-refractivity contribution in [3.8, 4) is 0 Å². The largest absolute Gasteiger partial charge is 0.472 e. The van der Waals surface area contributed by atoms with Crippen LogP contribution in [0, 0.1) is 0 Å². The molecular formula is C48H81NO10P+. The second kappa shape index (κ2) is 38.7. The molecule has 0 aliphatic carbocycles. The van der Waals surface area contributed by atoms with Gasteiger partial charge in [0.25, 0.3) is 0 Å². The summed E-state index contributed by atoms with van der Waals surface area (Å²) in [5, 5.41) is 20.4. The number of nitrogens with zero attached hydrogens (tertiary/aromatic N) is 1. The van der Waals surface area contributed by atoms with Crippen molar-refractivity contribution in [1.29, 1.82) is 0 Å². The molecule has 0 aliphatic heterocycles. The molecule has 0 saturated carbocycles. The number of unbranched alkanes of at least 4 members (excludes halogenated alkanes) is 7. The number of quaternary nitrogens is 1. The number of carbonyl (C=O) groups excluding carboxylic acids is 2. The van der Waals surface area contributed by atoms with Crippen molar-refractivity contribution < 1.29 is 52.3 Å². The van der Waals surface area contributed by atoms with Crippen LogP contribution >= 0.6 is 7.82 Å². The van der Waals surface area contributed by atoms with Gasteiger partial charge in [0.1, 0.15) is 19.8 Å². The number of rotatable bonds is 38. The van der Waals surface area contributed by atoms with Crippen LogP contribution in [0.4, 0.5) is 0 Å². The van der Waals surface area contributed by atoms with Gasteiger partial charge in [-0.2, -0.15) is 0 Å². The maximum Gasteiger partial charge on any atom is 0.472 e. The van der Waals surface area contributed by atoms with Crippen LogP contribution in [0.5, 0.6) is 0 Å². The number of likely N-dealkylation sites (N-methyl/N-ethyl adjacent to an activating group) is 1. The first-order valence-corrected chi connectivity index (χ1v) is 23.7. The highest BCUT2D eigenvalue weighted by molar-refractivity contribution is 7.47. The zero-order valence-corrected chi connectivity index (χ0v) is 38.5. The summed E-state index contributed by atoms with van der Waals surface area (Å²) in [4.78, 5) is 35.4. The van der Waals surface area contributed by atoms with Gasteiger partial charge < -0.3 is 29.1 Å². The molecule has 1 unspecified atom stereocenters. The highest BCUT2D eigenvalue weighted by Crippen LogP contribution is 2.43. The molecule has 0 fully saturated rings. The minimum Gasteiger partial charge on any atom is -0.462 e. The van der Waals surface area contributed by atoms with Gasteiger partial charge in [-0.3, -0.25) is 18.6 Å². The molecular weight excluding hydrogens is 781 g/mol. The fourth-order valence-corrected chi connectivity index (χ4v) is 6.00. The normalized spacial score (nSPS) is 15.5. The summed E-state index contributed by atoms with van der Waals surface area (Å²) in [7, 11) is 1.29. The number of hydrogen-bond donors (Lipinski definition) is 3. The van der Waals surface area contributed by atoms with E-state index in [0.29, 0.717) is 36.7 Å². The lowest BCUT2D eigenvalue weighted by molar-refractivity contribution is -0.870. The SMILES string of the molecule is CC/C=C\C/C=C\C/C=C\C/C=C\CCCCCCC(=O)OC[C@H](COP(=O)(O)OCC[N+](C)(C)C)OC(=O)CCC[C@@H](O)\C=C/C=C/C=C/[C@@H](O)C/C=C\CCCCC. The first-order chi connectivity index (χ1) is 28.8. The fourth-order valence-electron chi connectivity index (χ4n) is 5.26. The molecule has 0 aromatic rings. The summed E-state index contributed by atoms with van der Waals surface area (Å²) in [5.74, 6) is -1.08. The zero-order valence-electron chi connectivity index (χ0n) is 37.6. The highest BCUT2D eigenvalue weighted by atomic mass is 31.2. The van der Waals surface area contributed by atoms with Crippen LogP contribution in [0.2, 0.25) is 0 Å². The van der Waals surface area contributed by atoms with Crippen LogP contribution in [0.3, 0.4) is 0 Å². The van der Waals surface area contributed by atoms with E-state index in [1.54, 1.807) is 36.5 Å². The number of hydrogen-bond acceptors (Lipinski definition) is 9. The van der Waals surface area contributed by atoms with Gasteiger partial charge in [-0.25, -0.2) is 4.57 Å². The molecule has 12 heteroatoms. The lowest BCUT2D eigenvalue weighted by atomic mass is 10.1. The molecule has 0 aromatic heterocycles. The smallest absolute Gasteiger partial charge is 0.462 e. The van der Waals surface area contributed by atoms with Crippen LogP contribution in [0.25, 0.3) is 0 Å². The Kier molecular flexibility index (Phi) is 36.7. The number of carbonyl (C=O) groups is 2. The molecule has 0 radical (unpaired) electrons. The molecule has 3 N–H and O–H groups in total. The van der Waals surface area contributed by atoms with Crippen molar-refractivity contribution in [2.24, 2.45) is 0 Å². The molecule has 0 heterocycles. The fraction of sp³-hybridized carbons (Fsp3) is 0.625. The van der Waals surface area contributed by atoms with E-state index in [1.165, 1.54) is 19.3 Å². The van der Waals surface area contributed by atoms with Crippen LogP contribution < -0.4 is 0 Å². The van der Waals surface area contributed by atoms with E-state index >= 15 is 0 Å². The first kappa shape index (κ1) is 56.9. The average molecular weight is 863 g/mol. The zero-order chi connectivity index (χ0) is 44.6. The van der Waals surface area contributed by atoms with Gasteiger partial charge in [0.05, 0.1) is 40.0 Å². The Balaban J connectivity index is 4.68. The Labute approximate surface area is 363 Å². The maximum absolute atomic E-state index is 12.7. The van der Waals surface area contributed by atoms with Gasteiger partial charge in [0.15, 0.2) is 6.10 Å². The molecule has 0 bridgehead atoms. The topological polar surface area (TPSA) is 149 Å². The molecule has 11 nitrogen and oxygen atoms in total. The Morgan fingerprint density at radius 3 is 1.83 bits per heavy atom. The van der Waals surface area contributed by atoms with Crippen molar-refractivity contribution in [2.75, 3.05) is 47.5 Å². The molecule has 342 valence electrons. The Morgan fingerprint density at radius 2 is 1.20 bits per heavy atom. The van der Waals surface area contributed by atoms with E-state index in [-0.39, 0.29) is 26.1 Å². The lowest BCUT2D eigenvalue weighted by Gasteiger charge is -2.24. The molecule has 0 saturated heterocycles. The van der Waals surface area contributed by atoms with E-state index in [4.69, 9.17) is 18.5 Å². The number of ether oxygens (including phenoxy) is 2. The van der Waals surface area contributed by atoms with Gasteiger partial charge in [-0.1, -0.05) is 137 Å². The van der Waals surface area contributed by atoms with Gasteiger partial charge >= 0.3 is 19.8 Å². The minimum atomic E-state index is -4.46. The second-order valence-corrected chi connectivity index (χ2v) is 17.2. The van der Waals surface area contributed by atoms with Gasteiger partial charge in [-0.15, -0.1) is 0 Å². The van der Waals surface area contributed by atoms with Crippen molar-refractivity contribution in [3.63, 3.8) is 0 Å². The predicted molar refractivity (Wildman–Crippen MR) is 245 cm³/mol. The number of allylic oxidation sites excluding steroid dienone is 13. The van der Waals surface area contributed by atoms with E-state index in [0.717, 1.165) is 57.8 Å². The van der Waals surface area contributed by atoms with Crippen molar-refractivity contribution in [2.45, 2.75) is 148 Å². The summed E-state index contributed by atoms with van der Waals surface area (Å²) < 4.78 is 34.1. The molecule has 0 amide bonds. The predicted octanol–water partition coefficient (Wildman–Crippen LogP) is 10.5. The van der Waals surface area contributed by atoms with E-state index < -0.39 is 44.7 Å². The number of phosphoric ester groups is 1. The van der Waals surface area contributed by atoms with E-state index in [1.807, 2.05) is 27.2 Å². The number of aliphatic hydroxyl groups is 2. The molecule has 0 aliphatic rings. The molecule has 60 heavy (non-hydrogen) atoms. The molecule has 0 aromatic carbocycles. The summed E-state index contributed by atoms with van der Waals surface area (Å²) in [6.07, 6.45) is 43.7. The average Bonchev–Trinajstić information content (AvgIpc) is 3.19. The third-order valence-corrected chi connectivity index (χ3v) is 9.77. The Hall–Kier alpha value is -3.15. The van der Waals surface area contributed by atoms with Gasteiger partial charge in [0.2, 0.25) is 0 Å². The third-order valence-electron chi connectivity index (χ3n) is 8.79. The summed E-state index contributed by atoms with van der Waals surface area (Å²) in [6.45, 7) is 3.90. The van der Waals surface area contributed by atoms with Gasteiger partial charge in [0, 0.05) is 12.8 Å². The van der Waals surface area contributed by atoms with Crippen molar-refractivity contribution >= 4 is 19.8 Å². The number of phosphoric acid groups is 1. The van der Waals surface area contributed by atoms with Crippen LogP contribution in [0.1, 0.15) is 129 Å². The third kappa shape index (κ3) is 41.6. The second-order valence-electron chi connectivity index (χ2n) is 15.7. The Bertz CT molecular complexity index is 1380. The lowest BCUT2D eigenvalue weighted by Crippen LogP contribution is -2.37. The van der Waals surface area contributed by atoms with E-state index in [9.17, 15) is 29.3 Å². The van der Waals surface area contributed by atoms with Crippen molar-refractivity contribution in [1.82, 2.24) is 0 Å². The molecule has 0 rings (SSSR count). The number of aliphatic hydroxyl groups excluding tert-OH is 2. The maximum atomic E-state index is 12.7. The summed E-state index contributed by atoms with van der Waals surface area (Å²) in [6, 6.07) is 0. The highest BCUT2D eigenvalue weighted by Gasteiger charge is 2.27. The first-order valence-electron chi connectivity index (χ1n) is 22.2. The van der Waals surface area contributed by atoms with E-state index in [2.05, 4.69) is 68.5 Å². The monoisotopic (exact) mass is 863 g/mol.